The fourth-order valence-electron chi connectivity index (χ4n) is 2.06. The molecule has 0 bridgehead atoms. The Labute approximate surface area is 111 Å². The zero-order valence-electron chi connectivity index (χ0n) is 12.1. The molecule has 0 unspecified atom stereocenters. The minimum Gasteiger partial charge on any atom is -0.396 e. The van der Waals surface area contributed by atoms with Crippen LogP contribution >= 0.6 is 0 Å². The van der Waals surface area contributed by atoms with E-state index in [1.165, 1.54) is 0 Å². The van der Waals surface area contributed by atoms with Gasteiger partial charge in [0, 0.05) is 26.7 Å². The Morgan fingerprint density at radius 3 is 2.28 bits per heavy atom. The molecule has 0 aliphatic heterocycles. The summed E-state index contributed by atoms with van der Waals surface area (Å²) in [5.74, 6) is 0.430. The third-order valence-corrected chi connectivity index (χ3v) is 3.26. The van der Waals surface area contributed by atoms with E-state index in [-0.39, 0.29) is 31.5 Å². The summed E-state index contributed by atoms with van der Waals surface area (Å²) in [6.07, 6.45) is 3.76. The van der Waals surface area contributed by atoms with Crippen LogP contribution in [0.3, 0.4) is 0 Å². The molecule has 0 saturated carbocycles. The third kappa shape index (κ3) is 6.50. The molecule has 0 spiro atoms. The van der Waals surface area contributed by atoms with Crippen molar-refractivity contribution in [3.05, 3.63) is 12.7 Å². The van der Waals surface area contributed by atoms with Gasteiger partial charge in [-0.3, -0.25) is 0 Å². The Kier molecular flexibility index (Phi) is 10.3. The van der Waals surface area contributed by atoms with Crippen LogP contribution in [0, 0.1) is 11.8 Å². The molecular weight excluding hydrogens is 232 g/mol. The molecule has 0 aromatic rings. The Morgan fingerprint density at radius 2 is 1.83 bits per heavy atom. The topological polar surface area (TPSA) is 47.9 Å². The first-order valence-corrected chi connectivity index (χ1v) is 6.47. The van der Waals surface area contributed by atoms with Crippen molar-refractivity contribution in [1.29, 1.82) is 0 Å². The second kappa shape index (κ2) is 10.5. The van der Waals surface area contributed by atoms with Gasteiger partial charge in [-0.1, -0.05) is 19.9 Å². The number of aliphatic hydroxyl groups is 1. The summed E-state index contributed by atoms with van der Waals surface area (Å²) in [4.78, 5) is 0. The van der Waals surface area contributed by atoms with E-state index in [0.717, 1.165) is 12.8 Å². The first-order valence-electron chi connectivity index (χ1n) is 6.47. The summed E-state index contributed by atoms with van der Waals surface area (Å²) >= 11 is 0. The maximum atomic E-state index is 9.26. The Bertz CT molecular complexity index is 208. The summed E-state index contributed by atoms with van der Waals surface area (Å²) in [5.41, 5.74) is 0. The van der Waals surface area contributed by atoms with Crippen molar-refractivity contribution in [2.75, 3.05) is 27.6 Å². The molecule has 18 heavy (non-hydrogen) atoms. The summed E-state index contributed by atoms with van der Waals surface area (Å²) in [6.45, 7) is 8.23. The van der Waals surface area contributed by atoms with Gasteiger partial charge in [0.25, 0.3) is 0 Å². The first kappa shape index (κ1) is 17.6. The van der Waals surface area contributed by atoms with Gasteiger partial charge >= 0.3 is 0 Å². The van der Waals surface area contributed by atoms with E-state index in [9.17, 15) is 5.11 Å². The predicted octanol–water partition coefficient (Wildman–Crippen LogP) is 2.22. The molecule has 0 rings (SSSR count). The van der Waals surface area contributed by atoms with Gasteiger partial charge in [0.2, 0.25) is 0 Å². The Hall–Kier alpha value is -0.420. The molecule has 0 fully saturated rings. The smallest absolute Gasteiger partial charge is 0.146 e. The average molecular weight is 260 g/mol. The molecule has 0 aliphatic rings. The lowest BCUT2D eigenvalue weighted by Crippen LogP contribution is -2.32. The van der Waals surface area contributed by atoms with Crippen LogP contribution < -0.4 is 0 Å². The molecule has 4 atom stereocenters. The predicted molar refractivity (Wildman–Crippen MR) is 72.4 cm³/mol. The molecule has 0 aromatic heterocycles. The molecule has 0 amide bonds. The van der Waals surface area contributed by atoms with E-state index in [2.05, 4.69) is 13.5 Å². The summed E-state index contributed by atoms with van der Waals surface area (Å²) in [5, 5.41) is 9.26. The summed E-state index contributed by atoms with van der Waals surface area (Å²) < 4.78 is 15.9. The average Bonchev–Trinajstić information content (AvgIpc) is 2.39. The summed E-state index contributed by atoms with van der Waals surface area (Å²) in [7, 11) is 3.29. The largest absolute Gasteiger partial charge is 0.396 e. The number of aliphatic hydroxyl groups excluding tert-OH is 1. The van der Waals surface area contributed by atoms with Crippen molar-refractivity contribution < 1.29 is 19.3 Å². The minimum absolute atomic E-state index is 0.00253. The first-order chi connectivity index (χ1) is 8.60. The normalized spacial score (nSPS) is 18.1. The van der Waals surface area contributed by atoms with Gasteiger partial charge in [-0.05, 0) is 18.8 Å². The van der Waals surface area contributed by atoms with Crippen molar-refractivity contribution in [3.63, 3.8) is 0 Å². The number of ether oxygens (including phenoxy) is 3. The fraction of sp³-hybridized carbons (Fsp3) is 0.857. The van der Waals surface area contributed by atoms with Crippen LogP contribution in [0.25, 0.3) is 0 Å². The van der Waals surface area contributed by atoms with E-state index in [0.29, 0.717) is 5.92 Å². The van der Waals surface area contributed by atoms with E-state index in [1.807, 2.05) is 13.0 Å². The maximum Gasteiger partial charge on any atom is 0.146 e. The molecule has 1 N–H and O–H groups in total. The number of hydrogen-bond acceptors (Lipinski definition) is 4. The van der Waals surface area contributed by atoms with Gasteiger partial charge in [0.1, 0.15) is 6.79 Å². The zero-order chi connectivity index (χ0) is 14.0. The van der Waals surface area contributed by atoms with Crippen LogP contribution in [-0.4, -0.2) is 44.9 Å². The quantitative estimate of drug-likeness (QED) is 0.457. The lowest BCUT2D eigenvalue weighted by Gasteiger charge is -2.29. The van der Waals surface area contributed by atoms with E-state index >= 15 is 0 Å². The second-order valence-electron chi connectivity index (χ2n) is 4.76. The number of hydrogen-bond donors (Lipinski definition) is 1. The summed E-state index contributed by atoms with van der Waals surface area (Å²) in [6, 6.07) is 0. The molecule has 4 heteroatoms. The highest BCUT2D eigenvalue weighted by Gasteiger charge is 2.24. The van der Waals surface area contributed by atoms with Crippen molar-refractivity contribution in [2.45, 2.75) is 38.9 Å². The van der Waals surface area contributed by atoms with Crippen LogP contribution in [0.1, 0.15) is 26.7 Å². The van der Waals surface area contributed by atoms with Crippen molar-refractivity contribution >= 4 is 0 Å². The van der Waals surface area contributed by atoms with E-state index < -0.39 is 0 Å². The van der Waals surface area contributed by atoms with Gasteiger partial charge < -0.3 is 19.3 Å². The minimum atomic E-state index is -0.00253. The van der Waals surface area contributed by atoms with E-state index in [4.69, 9.17) is 14.2 Å². The van der Waals surface area contributed by atoms with Crippen LogP contribution in [0.15, 0.2) is 12.7 Å². The zero-order valence-corrected chi connectivity index (χ0v) is 12.1. The molecule has 0 aromatic carbocycles. The lowest BCUT2D eigenvalue weighted by atomic mass is 9.89. The van der Waals surface area contributed by atoms with Gasteiger partial charge in [-0.15, -0.1) is 6.58 Å². The van der Waals surface area contributed by atoms with Gasteiger partial charge in [0.05, 0.1) is 12.2 Å². The molecule has 0 aliphatic carbocycles. The highest BCUT2D eigenvalue weighted by molar-refractivity contribution is 4.81. The lowest BCUT2D eigenvalue weighted by molar-refractivity contribution is -0.115. The Balaban J connectivity index is 4.26. The van der Waals surface area contributed by atoms with Gasteiger partial charge in [0.15, 0.2) is 0 Å². The molecule has 0 saturated heterocycles. The molecule has 4 nitrogen and oxygen atoms in total. The maximum absolute atomic E-state index is 9.26. The van der Waals surface area contributed by atoms with Crippen LogP contribution in [0.2, 0.25) is 0 Å². The third-order valence-electron chi connectivity index (χ3n) is 3.26. The van der Waals surface area contributed by atoms with Crippen molar-refractivity contribution in [2.24, 2.45) is 11.8 Å². The highest BCUT2D eigenvalue weighted by atomic mass is 16.7. The molecule has 0 radical (unpaired) electrons. The van der Waals surface area contributed by atoms with Crippen LogP contribution in [0.5, 0.6) is 0 Å². The number of methoxy groups -OCH3 is 2. The van der Waals surface area contributed by atoms with Crippen LogP contribution in [0.4, 0.5) is 0 Å². The highest BCUT2D eigenvalue weighted by Crippen LogP contribution is 2.22. The molecule has 0 heterocycles. The van der Waals surface area contributed by atoms with Gasteiger partial charge in [-0.2, -0.15) is 0 Å². The molecular formula is C14H28O4. The SMILES string of the molecule is C=C[C@H](CC[C@@H](C)[C@@H](OCOC)[C@H](C)CO)OC. The van der Waals surface area contributed by atoms with Crippen molar-refractivity contribution in [1.82, 2.24) is 0 Å². The standard InChI is InChI=1S/C14H28O4/c1-6-13(17-5)8-7-11(2)14(12(3)9-15)18-10-16-4/h6,11-15H,1,7-10H2,2-5H3/t11-,12-,13-,14-/m1/s1. The monoisotopic (exact) mass is 260 g/mol. The fourth-order valence-corrected chi connectivity index (χ4v) is 2.06. The Morgan fingerprint density at radius 1 is 1.17 bits per heavy atom. The molecule has 108 valence electrons. The second-order valence-corrected chi connectivity index (χ2v) is 4.76. The van der Waals surface area contributed by atoms with E-state index in [1.54, 1.807) is 14.2 Å². The van der Waals surface area contributed by atoms with Crippen molar-refractivity contribution in [3.8, 4) is 0 Å². The van der Waals surface area contributed by atoms with Gasteiger partial charge in [-0.25, -0.2) is 0 Å². The number of rotatable bonds is 11. The van der Waals surface area contributed by atoms with Crippen LogP contribution in [-0.2, 0) is 14.2 Å².